The molecule has 7 nitrogen and oxygen atoms in total. The van der Waals surface area contributed by atoms with Crippen LogP contribution in [0.2, 0.25) is 0 Å². The summed E-state index contributed by atoms with van der Waals surface area (Å²) >= 11 is 0. The SMILES string of the molecule is CCOCCOc1cc(N=Nc2ccc(CCc3cc(O)ccc3O)cc2)c(O)c2ccccc12. The van der Waals surface area contributed by atoms with E-state index in [0.717, 1.165) is 10.9 Å². The summed E-state index contributed by atoms with van der Waals surface area (Å²) in [6.45, 7) is 3.41. The lowest BCUT2D eigenvalue weighted by atomic mass is 10.0. The number of hydrogen-bond acceptors (Lipinski definition) is 7. The lowest BCUT2D eigenvalue weighted by Crippen LogP contribution is -2.06. The molecule has 0 atom stereocenters. The fourth-order valence-electron chi connectivity index (χ4n) is 3.76. The zero-order valence-electron chi connectivity index (χ0n) is 19.5. The Labute approximate surface area is 203 Å². The highest BCUT2D eigenvalue weighted by Crippen LogP contribution is 2.41. The summed E-state index contributed by atoms with van der Waals surface area (Å²) in [7, 11) is 0. The van der Waals surface area contributed by atoms with Gasteiger partial charge in [0.25, 0.3) is 0 Å². The molecule has 4 aromatic carbocycles. The molecule has 0 saturated carbocycles. The highest BCUT2D eigenvalue weighted by Gasteiger charge is 2.12. The van der Waals surface area contributed by atoms with E-state index < -0.39 is 0 Å². The van der Waals surface area contributed by atoms with E-state index in [1.54, 1.807) is 12.1 Å². The fourth-order valence-corrected chi connectivity index (χ4v) is 3.76. The molecular weight excluding hydrogens is 444 g/mol. The van der Waals surface area contributed by atoms with Crippen molar-refractivity contribution in [3.63, 3.8) is 0 Å². The summed E-state index contributed by atoms with van der Waals surface area (Å²) in [5, 5.41) is 40.3. The van der Waals surface area contributed by atoms with Gasteiger partial charge in [-0.1, -0.05) is 36.4 Å². The van der Waals surface area contributed by atoms with Crippen LogP contribution in [-0.2, 0) is 17.6 Å². The summed E-state index contributed by atoms with van der Waals surface area (Å²) in [5.41, 5.74) is 2.71. The molecule has 0 aliphatic carbocycles. The number of aromatic hydroxyl groups is 3. The third kappa shape index (κ3) is 6.07. The van der Waals surface area contributed by atoms with Crippen molar-refractivity contribution in [1.82, 2.24) is 0 Å². The van der Waals surface area contributed by atoms with Crippen LogP contribution in [0.5, 0.6) is 23.0 Å². The summed E-state index contributed by atoms with van der Waals surface area (Å²) in [6, 6.07) is 21.2. The van der Waals surface area contributed by atoms with Crippen molar-refractivity contribution >= 4 is 22.1 Å². The molecule has 0 fully saturated rings. The largest absolute Gasteiger partial charge is 0.508 e. The second kappa shape index (κ2) is 11.4. The Hall–Kier alpha value is -4.10. The number of aryl methyl sites for hydroxylation is 2. The Morgan fingerprint density at radius 2 is 1.54 bits per heavy atom. The second-order valence-corrected chi connectivity index (χ2v) is 8.01. The number of nitrogens with zero attached hydrogens (tertiary/aromatic N) is 2. The Morgan fingerprint density at radius 3 is 2.31 bits per heavy atom. The first-order valence-electron chi connectivity index (χ1n) is 11.5. The van der Waals surface area contributed by atoms with E-state index in [1.165, 1.54) is 12.1 Å². The van der Waals surface area contributed by atoms with Gasteiger partial charge in [0, 0.05) is 23.4 Å². The van der Waals surface area contributed by atoms with Crippen LogP contribution in [0.15, 0.2) is 83.0 Å². The molecule has 0 saturated heterocycles. The van der Waals surface area contributed by atoms with Gasteiger partial charge in [-0.2, -0.15) is 5.11 Å². The third-order valence-corrected chi connectivity index (χ3v) is 5.60. The van der Waals surface area contributed by atoms with E-state index in [1.807, 2.05) is 55.5 Å². The minimum Gasteiger partial charge on any atom is -0.508 e. The van der Waals surface area contributed by atoms with Crippen molar-refractivity contribution < 1.29 is 24.8 Å². The van der Waals surface area contributed by atoms with E-state index in [0.29, 0.717) is 60.7 Å². The number of fused-ring (bicyclic) bond motifs is 1. The minimum atomic E-state index is 0.0454. The Bertz CT molecular complexity index is 1320. The smallest absolute Gasteiger partial charge is 0.151 e. The molecule has 0 aromatic heterocycles. The molecule has 0 aliphatic rings. The average Bonchev–Trinajstić information content (AvgIpc) is 2.88. The van der Waals surface area contributed by atoms with Gasteiger partial charge >= 0.3 is 0 Å². The van der Waals surface area contributed by atoms with Crippen LogP contribution in [0.25, 0.3) is 10.8 Å². The van der Waals surface area contributed by atoms with E-state index >= 15 is 0 Å². The number of phenols is 3. The average molecular weight is 473 g/mol. The van der Waals surface area contributed by atoms with Crippen LogP contribution < -0.4 is 4.74 Å². The first kappa shape index (κ1) is 24.0. The topological polar surface area (TPSA) is 104 Å². The van der Waals surface area contributed by atoms with Gasteiger partial charge < -0.3 is 24.8 Å². The van der Waals surface area contributed by atoms with Crippen LogP contribution in [0.3, 0.4) is 0 Å². The van der Waals surface area contributed by atoms with Crippen molar-refractivity contribution in [2.45, 2.75) is 19.8 Å². The van der Waals surface area contributed by atoms with Crippen molar-refractivity contribution in [2.24, 2.45) is 10.2 Å². The fraction of sp³-hybridized carbons (Fsp3) is 0.214. The van der Waals surface area contributed by atoms with E-state index in [-0.39, 0.29) is 17.2 Å². The molecule has 0 heterocycles. The number of hydrogen-bond donors (Lipinski definition) is 3. The molecule has 0 aliphatic heterocycles. The van der Waals surface area contributed by atoms with E-state index in [4.69, 9.17) is 9.47 Å². The van der Waals surface area contributed by atoms with Crippen LogP contribution in [0.1, 0.15) is 18.1 Å². The molecule has 0 amide bonds. The monoisotopic (exact) mass is 472 g/mol. The lowest BCUT2D eigenvalue weighted by Gasteiger charge is -2.12. The summed E-state index contributed by atoms with van der Waals surface area (Å²) < 4.78 is 11.2. The molecule has 4 aromatic rings. The van der Waals surface area contributed by atoms with Gasteiger partial charge in [0.15, 0.2) is 5.75 Å². The maximum absolute atomic E-state index is 10.8. The van der Waals surface area contributed by atoms with Crippen LogP contribution in [0, 0.1) is 0 Å². The molecule has 0 bridgehead atoms. The predicted molar refractivity (Wildman–Crippen MR) is 135 cm³/mol. The van der Waals surface area contributed by atoms with Crippen molar-refractivity contribution in [1.29, 1.82) is 0 Å². The minimum absolute atomic E-state index is 0.0454. The molecule has 0 spiro atoms. The highest BCUT2D eigenvalue weighted by molar-refractivity contribution is 5.97. The van der Waals surface area contributed by atoms with Crippen LogP contribution >= 0.6 is 0 Å². The van der Waals surface area contributed by atoms with Gasteiger partial charge in [-0.25, -0.2) is 0 Å². The normalized spacial score (nSPS) is 11.3. The first-order chi connectivity index (χ1) is 17.0. The van der Waals surface area contributed by atoms with Crippen molar-refractivity contribution in [3.8, 4) is 23.0 Å². The Balaban J connectivity index is 1.48. The first-order valence-corrected chi connectivity index (χ1v) is 11.5. The van der Waals surface area contributed by atoms with Gasteiger partial charge in [0.1, 0.15) is 29.5 Å². The van der Waals surface area contributed by atoms with Gasteiger partial charge in [-0.3, -0.25) is 0 Å². The van der Waals surface area contributed by atoms with E-state index in [2.05, 4.69) is 10.2 Å². The zero-order chi connectivity index (χ0) is 24.6. The third-order valence-electron chi connectivity index (χ3n) is 5.60. The standard InChI is InChI=1S/C28H28N2O5/c1-2-34-15-16-35-27-18-25(28(33)24-6-4-3-5-23(24)27)30-29-21-11-8-19(9-12-21)7-10-20-17-22(31)13-14-26(20)32/h3-6,8-9,11-14,17-18,31-33H,2,7,10,15-16H2,1H3. The molecule has 4 rings (SSSR count). The maximum Gasteiger partial charge on any atom is 0.151 e. The zero-order valence-corrected chi connectivity index (χ0v) is 19.5. The number of rotatable bonds is 10. The Kier molecular flexibility index (Phi) is 7.80. The van der Waals surface area contributed by atoms with E-state index in [9.17, 15) is 15.3 Å². The number of benzene rings is 4. The molecular formula is C28H28N2O5. The lowest BCUT2D eigenvalue weighted by molar-refractivity contribution is 0.111. The quantitative estimate of drug-likeness (QED) is 0.138. The molecule has 0 radical (unpaired) electrons. The van der Waals surface area contributed by atoms with Crippen LogP contribution in [-0.4, -0.2) is 35.1 Å². The van der Waals surface area contributed by atoms with Crippen LogP contribution in [0.4, 0.5) is 11.4 Å². The second-order valence-electron chi connectivity index (χ2n) is 8.01. The van der Waals surface area contributed by atoms with Gasteiger partial charge in [-0.15, -0.1) is 5.11 Å². The van der Waals surface area contributed by atoms with Crippen molar-refractivity contribution in [3.05, 3.63) is 83.9 Å². The Morgan fingerprint density at radius 1 is 0.771 bits per heavy atom. The summed E-state index contributed by atoms with van der Waals surface area (Å²) in [6.07, 6.45) is 1.29. The number of azo groups is 1. The summed E-state index contributed by atoms with van der Waals surface area (Å²) in [4.78, 5) is 0. The molecule has 3 N–H and O–H groups in total. The van der Waals surface area contributed by atoms with Gasteiger partial charge in [-0.05, 0) is 61.2 Å². The molecule has 7 heteroatoms. The predicted octanol–water partition coefficient (Wildman–Crippen LogP) is 6.57. The van der Waals surface area contributed by atoms with Gasteiger partial charge in [0.05, 0.1) is 12.3 Å². The van der Waals surface area contributed by atoms with Crippen molar-refractivity contribution in [2.75, 3.05) is 19.8 Å². The number of phenolic OH excluding ortho intramolecular Hbond substituents is 3. The highest BCUT2D eigenvalue weighted by atomic mass is 16.5. The van der Waals surface area contributed by atoms with Gasteiger partial charge in [0.2, 0.25) is 0 Å². The maximum atomic E-state index is 10.8. The summed E-state index contributed by atoms with van der Waals surface area (Å²) in [5.74, 6) is 0.958. The molecule has 35 heavy (non-hydrogen) atoms. The molecule has 180 valence electrons. The number of ether oxygens (including phenoxy) is 2. The molecule has 0 unspecified atom stereocenters.